The van der Waals surface area contributed by atoms with Gasteiger partial charge in [-0.05, 0) is 70.8 Å². The van der Waals surface area contributed by atoms with Crippen molar-refractivity contribution in [3.8, 4) is 0 Å². The molecule has 9 rings (SSSR count). The minimum Gasteiger partial charge on any atom is -0.354 e. The van der Waals surface area contributed by atoms with E-state index in [0.717, 1.165) is 114 Å². The lowest BCUT2D eigenvalue weighted by Crippen LogP contribution is -2.19. The van der Waals surface area contributed by atoms with Crippen LogP contribution in [0.4, 0.5) is 0 Å². The van der Waals surface area contributed by atoms with Gasteiger partial charge in [-0.3, -0.25) is 19.2 Å². The molecule has 0 spiro atoms. The molecule has 56 heavy (non-hydrogen) atoms. The molecule has 4 aromatic carbocycles. The Morgan fingerprint density at radius 3 is 0.661 bits per heavy atom. The van der Waals surface area contributed by atoms with Crippen LogP contribution in [-0.4, -0.2) is 45.1 Å². The van der Waals surface area contributed by atoms with E-state index in [1.807, 2.05) is 146 Å². The molecule has 1 aliphatic rings. The molecule has 4 aromatic heterocycles. The van der Waals surface area contributed by atoms with E-state index in [9.17, 15) is 19.2 Å². The van der Waals surface area contributed by atoms with Gasteiger partial charge in [-0.25, -0.2) is 0 Å². The van der Waals surface area contributed by atoms with Crippen molar-refractivity contribution in [3.05, 3.63) is 234 Å². The van der Waals surface area contributed by atoms with E-state index in [1.165, 1.54) is 0 Å². The summed E-state index contributed by atoms with van der Waals surface area (Å²) in [5, 5.41) is 3.37. The summed E-state index contributed by atoms with van der Waals surface area (Å²) < 4.78 is 0. The summed E-state index contributed by atoms with van der Waals surface area (Å²) >= 11 is 0. The number of aromatic amines is 4. The predicted octanol–water partition coefficient (Wildman–Crippen LogP) is 5.55. The molecule has 268 valence electrons. The third-order valence-electron chi connectivity index (χ3n) is 10.2. The molecule has 1 aliphatic heterocycles. The van der Waals surface area contributed by atoms with E-state index in [-0.39, 0.29) is 0 Å². The van der Waals surface area contributed by atoms with Crippen LogP contribution in [0.5, 0.6) is 0 Å². The first-order valence-electron chi connectivity index (χ1n) is 18.0. The first-order valence-corrected chi connectivity index (χ1v) is 18.0. The number of fused-ring (bicyclic) bond motifs is 8. The Bertz CT molecular complexity index is 2650. The number of hydrogen-bond acceptors (Lipinski definition) is 4. The maximum atomic E-state index is 11.6. The van der Waals surface area contributed by atoms with Crippen LogP contribution in [-0.2, 0) is 0 Å². The largest absolute Gasteiger partial charge is 0.354 e. The Labute approximate surface area is 319 Å². The van der Waals surface area contributed by atoms with Gasteiger partial charge in [0.05, 0.1) is 0 Å². The van der Waals surface area contributed by atoms with E-state index in [0.29, 0.717) is 22.3 Å². The zero-order valence-corrected chi connectivity index (χ0v) is 29.8. The van der Waals surface area contributed by atoms with Crippen molar-refractivity contribution in [2.24, 2.45) is 0 Å². The molecular weight excluding hydrogens is 697 g/mol. The lowest BCUT2D eigenvalue weighted by atomic mass is 10.0. The van der Waals surface area contributed by atoms with Crippen LogP contribution in [0.15, 0.2) is 146 Å². The van der Waals surface area contributed by atoms with Gasteiger partial charge in [0.1, 0.15) is 25.1 Å². The Balaban J connectivity index is 1.41. The molecule has 0 fully saturated rings. The van der Waals surface area contributed by atoms with Crippen LogP contribution in [0.1, 0.15) is 86.5 Å². The number of benzene rings is 4. The highest BCUT2D eigenvalue weighted by Crippen LogP contribution is 2.28. The second-order valence-electron chi connectivity index (χ2n) is 13.6. The molecule has 8 heteroatoms. The van der Waals surface area contributed by atoms with Crippen molar-refractivity contribution in [2.75, 3.05) is 0 Å². The fourth-order valence-electron chi connectivity index (χ4n) is 7.48. The Morgan fingerprint density at radius 1 is 0.250 bits per heavy atom. The summed E-state index contributed by atoms with van der Waals surface area (Å²) in [6, 6.07) is 46.4. The standard InChI is InChI=1S/C48H32N4O4/c53-25-29-1-9-33(10-2-29)45-37-17-19-39(49-37)46(34-11-3-30(26-54)4-12-34)41-21-23-43(51-41)48(36-15-7-32(28-56)8-16-36)44-24-22-42(52-44)47(40-20-18-38(45)50-40)35-13-5-31(27-55)6-14-35/h1-28,49-52H. The molecule has 0 atom stereocenters. The van der Waals surface area contributed by atoms with E-state index < -0.39 is 0 Å². The number of aromatic nitrogens is 4. The number of aldehydes is 4. The van der Waals surface area contributed by atoms with Crippen LogP contribution >= 0.6 is 0 Å². The molecule has 8 nitrogen and oxygen atoms in total. The third-order valence-corrected chi connectivity index (χ3v) is 10.2. The molecule has 0 radical (unpaired) electrons. The van der Waals surface area contributed by atoms with Crippen LogP contribution in [0, 0.1) is 0 Å². The third kappa shape index (κ3) is 6.11. The van der Waals surface area contributed by atoms with E-state index in [4.69, 9.17) is 0 Å². The quantitative estimate of drug-likeness (QED) is 0.153. The van der Waals surface area contributed by atoms with Crippen molar-refractivity contribution >= 4 is 47.4 Å². The molecule has 8 bridgehead atoms. The van der Waals surface area contributed by atoms with Crippen LogP contribution in [0.25, 0.3) is 22.3 Å². The van der Waals surface area contributed by atoms with E-state index in [2.05, 4.69) is 19.9 Å². The monoisotopic (exact) mass is 728 g/mol. The highest BCUT2D eigenvalue weighted by Gasteiger charge is 2.18. The molecule has 0 amide bonds. The number of nitrogens with one attached hydrogen (secondary N) is 4. The summed E-state index contributed by atoms with van der Waals surface area (Å²) in [6.07, 6.45) is 3.33. The summed E-state index contributed by atoms with van der Waals surface area (Å²) in [5.74, 6) is 0. The normalized spacial score (nSPS) is 12.4. The number of H-pyrrole nitrogens is 4. The summed E-state index contributed by atoms with van der Waals surface area (Å²) in [6.45, 7) is 0. The van der Waals surface area contributed by atoms with Gasteiger partial charge < -0.3 is 19.9 Å². The van der Waals surface area contributed by atoms with Crippen LogP contribution < -0.4 is 21.4 Å². The predicted molar refractivity (Wildman–Crippen MR) is 215 cm³/mol. The van der Waals surface area contributed by atoms with Crippen molar-refractivity contribution in [3.63, 3.8) is 0 Å². The average Bonchev–Trinajstić information content (AvgIpc) is 4.10. The Morgan fingerprint density at radius 2 is 0.464 bits per heavy atom. The Kier molecular flexibility index (Phi) is 8.60. The molecular formula is C48H32N4O4. The molecule has 5 heterocycles. The zero-order chi connectivity index (χ0) is 38.2. The molecule has 8 aromatic rings. The first kappa shape index (κ1) is 34.0. The Hall–Kier alpha value is -7.84. The maximum absolute atomic E-state index is 11.6. The number of hydrogen-bond donors (Lipinski definition) is 4. The van der Waals surface area contributed by atoms with Gasteiger partial charge in [0, 0.05) is 88.7 Å². The number of carbonyl (C=O) groups is 4. The smallest absolute Gasteiger partial charge is 0.150 e. The minimum atomic E-state index is 0.576. The maximum Gasteiger partial charge on any atom is 0.150 e. The highest BCUT2D eigenvalue weighted by atomic mass is 16.1. The SMILES string of the molecule is O=Cc1ccc(C2=c3ccc([nH]3)=C(c3ccc(C=O)cc3)c3ccc([nH]3)C(c3ccc(C=O)cc3)=c3ccc([nH]3)=C(c3ccc(C=O)cc3)c3ccc2[nH]3)cc1. The lowest BCUT2D eigenvalue weighted by Gasteiger charge is -2.10. The zero-order valence-electron chi connectivity index (χ0n) is 29.8. The topological polar surface area (TPSA) is 131 Å². The second kappa shape index (κ2) is 14.2. The van der Waals surface area contributed by atoms with Gasteiger partial charge in [0.25, 0.3) is 0 Å². The van der Waals surface area contributed by atoms with Gasteiger partial charge in [-0.1, -0.05) is 97.1 Å². The van der Waals surface area contributed by atoms with Gasteiger partial charge in [0.2, 0.25) is 0 Å². The number of carbonyl (C=O) groups excluding carboxylic acids is 4. The molecule has 0 aliphatic carbocycles. The number of rotatable bonds is 8. The molecule has 4 N–H and O–H groups in total. The van der Waals surface area contributed by atoms with Gasteiger partial charge >= 0.3 is 0 Å². The fraction of sp³-hybridized carbons (Fsp3) is 0. The van der Waals surface area contributed by atoms with Gasteiger partial charge in [0.15, 0.2) is 0 Å². The molecule has 0 saturated carbocycles. The van der Waals surface area contributed by atoms with Crippen molar-refractivity contribution in [1.29, 1.82) is 0 Å². The average molecular weight is 729 g/mol. The molecule has 0 unspecified atom stereocenters. The summed E-state index contributed by atoms with van der Waals surface area (Å²) in [7, 11) is 0. The van der Waals surface area contributed by atoms with Crippen LogP contribution in [0.2, 0.25) is 0 Å². The lowest BCUT2D eigenvalue weighted by molar-refractivity contribution is 0.111. The van der Waals surface area contributed by atoms with Crippen molar-refractivity contribution in [1.82, 2.24) is 19.9 Å². The van der Waals surface area contributed by atoms with Crippen molar-refractivity contribution in [2.45, 2.75) is 0 Å². The van der Waals surface area contributed by atoms with Gasteiger partial charge in [-0.15, -0.1) is 0 Å². The fourth-order valence-corrected chi connectivity index (χ4v) is 7.48. The summed E-state index contributed by atoms with van der Waals surface area (Å²) in [4.78, 5) is 61.4. The van der Waals surface area contributed by atoms with E-state index >= 15 is 0 Å². The second-order valence-corrected chi connectivity index (χ2v) is 13.6. The van der Waals surface area contributed by atoms with Crippen molar-refractivity contribution < 1.29 is 19.2 Å². The minimum absolute atomic E-state index is 0.576. The molecule has 0 saturated heterocycles. The first-order chi connectivity index (χ1) is 27.5. The van der Waals surface area contributed by atoms with E-state index in [1.54, 1.807) is 0 Å². The van der Waals surface area contributed by atoms with Gasteiger partial charge in [-0.2, -0.15) is 0 Å². The summed E-state index contributed by atoms with van der Waals surface area (Å²) in [5.41, 5.74) is 12.9. The highest BCUT2D eigenvalue weighted by molar-refractivity contribution is 5.87. The van der Waals surface area contributed by atoms with Crippen LogP contribution in [0.3, 0.4) is 0 Å².